The molecule has 0 aliphatic heterocycles. The summed E-state index contributed by atoms with van der Waals surface area (Å²) in [4.78, 5) is 38.4. The van der Waals surface area contributed by atoms with Crippen molar-refractivity contribution in [2.24, 2.45) is 0 Å². The number of benzene rings is 3. The standard InChI is InChI=1S/C25H28N4O3/c1-4-29(16-24(31)27-21-14-12-20(13-15-21)26-18(3)30)17(2)25(32)28-23-11-7-9-19-8-5-6-10-22(19)23/h5-15,17H,4,16H2,1-3H3,(H,26,30)(H,27,31)(H,28,32). The fourth-order valence-corrected chi connectivity index (χ4v) is 3.49. The van der Waals surface area contributed by atoms with E-state index in [-0.39, 0.29) is 24.3 Å². The van der Waals surface area contributed by atoms with Crippen LogP contribution >= 0.6 is 0 Å². The molecular weight excluding hydrogens is 404 g/mol. The van der Waals surface area contributed by atoms with Crippen LogP contribution in [0.15, 0.2) is 66.7 Å². The molecule has 0 aromatic heterocycles. The molecule has 3 rings (SSSR count). The minimum absolute atomic E-state index is 0.0775. The van der Waals surface area contributed by atoms with E-state index in [1.54, 1.807) is 31.2 Å². The Hall–Kier alpha value is -3.71. The molecule has 0 saturated carbocycles. The minimum Gasteiger partial charge on any atom is -0.326 e. The van der Waals surface area contributed by atoms with Crippen LogP contribution in [0.3, 0.4) is 0 Å². The number of nitrogens with zero attached hydrogens (tertiary/aromatic N) is 1. The second kappa shape index (κ2) is 10.5. The van der Waals surface area contributed by atoms with Gasteiger partial charge in [-0.25, -0.2) is 0 Å². The molecule has 3 N–H and O–H groups in total. The smallest absolute Gasteiger partial charge is 0.241 e. The number of likely N-dealkylation sites (N-methyl/N-ethyl adjacent to an activating group) is 1. The van der Waals surface area contributed by atoms with Crippen molar-refractivity contribution in [3.05, 3.63) is 66.7 Å². The third-order valence-electron chi connectivity index (χ3n) is 5.22. The molecule has 0 heterocycles. The number of nitrogens with one attached hydrogen (secondary N) is 3. The maximum atomic E-state index is 12.9. The Bertz CT molecular complexity index is 1110. The Morgan fingerprint density at radius 1 is 0.844 bits per heavy atom. The molecule has 0 aliphatic rings. The van der Waals surface area contributed by atoms with Gasteiger partial charge in [0.25, 0.3) is 0 Å². The minimum atomic E-state index is -0.494. The zero-order chi connectivity index (χ0) is 23.1. The average molecular weight is 433 g/mol. The second-order valence-electron chi connectivity index (χ2n) is 7.56. The quantitative estimate of drug-likeness (QED) is 0.500. The second-order valence-corrected chi connectivity index (χ2v) is 7.56. The van der Waals surface area contributed by atoms with Crippen LogP contribution in [-0.4, -0.2) is 41.8 Å². The van der Waals surface area contributed by atoms with Crippen molar-refractivity contribution in [1.82, 2.24) is 4.90 Å². The van der Waals surface area contributed by atoms with Gasteiger partial charge in [-0.15, -0.1) is 0 Å². The topological polar surface area (TPSA) is 90.5 Å². The lowest BCUT2D eigenvalue weighted by molar-refractivity contribution is -0.123. The summed E-state index contributed by atoms with van der Waals surface area (Å²) in [6, 6.07) is 20.0. The van der Waals surface area contributed by atoms with E-state index in [4.69, 9.17) is 0 Å². The van der Waals surface area contributed by atoms with E-state index >= 15 is 0 Å². The van der Waals surface area contributed by atoms with Gasteiger partial charge < -0.3 is 16.0 Å². The molecule has 3 aromatic rings. The monoisotopic (exact) mass is 432 g/mol. The Morgan fingerprint density at radius 3 is 2.12 bits per heavy atom. The molecule has 3 aromatic carbocycles. The van der Waals surface area contributed by atoms with Gasteiger partial charge in [0, 0.05) is 29.4 Å². The predicted molar refractivity (Wildman–Crippen MR) is 129 cm³/mol. The van der Waals surface area contributed by atoms with Gasteiger partial charge >= 0.3 is 0 Å². The van der Waals surface area contributed by atoms with Crippen molar-refractivity contribution in [2.75, 3.05) is 29.0 Å². The Labute approximate surface area is 187 Å². The molecule has 7 nitrogen and oxygen atoms in total. The highest BCUT2D eigenvalue weighted by Gasteiger charge is 2.22. The van der Waals surface area contributed by atoms with Crippen LogP contribution in [0.25, 0.3) is 10.8 Å². The SMILES string of the molecule is CCN(CC(=O)Nc1ccc(NC(C)=O)cc1)C(C)C(=O)Nc1cccc2ccccc12. The number of amides is 3. The lowest BCUT2D eigenvalue weighted by atomic mass is 10.1. The maximum absolute atomic E-state index is 12.9. The van der Waals surface area contributed by atoms with E-state index in [1.165, 1.54) is 6.92 Å². The summed E-state index contributed by atoms with van der Waals surface area (Å²) in [5, 5.41) is 10.5. The van der Waals surface area contributed by atoms with Gasteiger partial charge in [0.15, 0.2) is 0 Å². The molecule has 1 atom stereocenters. The zero-order valence-corrected chi connectivity index (χ0v) is 18.5. The average Bonchev–Trinajstić information content (AvgIpc) is 2.78. The number of fused-ring (bicyclic) bond motifs is 1. The van der Waals surface area contributed by atoms with Gasteiger partial charge in [0.2, 0.25) is 17.7 Å². The normalized spacial score (nSPS) is 11.8. The highest BCUT2D eigenvalue weighted by Crippen LogP contribution is 2.23. The third kappa shape index (κ3) is 5.92. The number of carbonyl (C=O) groups is 3. The van der Waals surface area contributed by atoms with Gasteiger partial charge in [-0.2, -0.15) is 0 Å². The Balaban J connectivity index is 1.60. The van der Waals surface area contributed by atoms with E-state index in [2.05, 4.69) is 16.0 Å². The Kier molecular flexibility index (Phi) is 7.57. The lowest BCUT2D eigenvalue weighted by Gasteiger charge is -2.26. The van der Waals surface area contributed by atoms with E-state index in [9.17, 15) is 14.4 Å². The molecule has 1 unspecified atom stereocenters. The van der Waals surface area contributed by atoms with Crippen LogP contribution in [0, 0.1) is 0 Å². The number of carbonyl (C=O) groups excluding carboxylic acids is 3. The molecule has 32 heavy (non-hydrogen) atoms. The zero-order valence-electron chi connectivity index (χ0n) is 18.5. The molecular formula is C25H28N4O3. The molecule has 3 amide bonds. The summed E-state index contributed by atoms with van der Waals surface area (Å²) in [5.74, 6) is -0.546. The first-order valence-corrected chi connectivity index (χ1v) is 10.6. The summed E-state index contributed by atoms with van der Waals surface area (Å²) in [5.41, 5.74) is 2.03. The summed E-state index contributed by atoms with van der Waals surface area (Å²) >= 11 is 0. The van der Waals surface area contributed by atoms with E-state index < -0.39 is 6.04 Å². The first kappa shape index (κ1) is 23.0. The molecule has 0 aliphatic carbocycles. The number of rotatable bonds is 8. The third-order valence-corrected chi connectivity index (χ3v) is 5.22. The highest BCUT2D eigenvalue weighted by atomic mass is 16.2. The number of hydrogen-bond donors (Lipinski definition) is 3. The van der Waals surface area contributed by atoms with Crippen molar-refractivity contribution in [3.8, 4) is 0 Å². The molecule has 0 radical (unpaired) electrons. The summed E-state index contributed by atoms with van der Waals surface area (Å²) in [7, 11) is 0. The number of hydrogen-bond acceptors (Lipinski definition) is 4. The fraction of sp³-hybridized carbons (Fsp3) is 0.240. The maximum Gasteiger partial charge on any atom is 0.241 e. The van der Waals surface area contributed by atoms with E-state index in [1.807, 2.05) is 54.3 Å². The molecule has 0 fully saturated rings. The molecule has 7 heteroatoms. The summed E-state index contributed by atoms with van der Waals surface area (Å²) < 4.78 is 0. The van der Waals surface area contributed by atoms with Crippen LogP contribution in [0.1, 0.15) is 20.8 Å². The summed E-state index contributed by atoms with van der Waals surface area (Å²) in [6.45, 7) is 5.76. The van der Waals surface area contributed by atoms with Gasteiger partial charge in [0.1, 0.15) is 0 Å². The Morgan fingerprint density at radius 2 is 1.47 bits per heavy atom. The van der Waals surface area contributed by atoms with Crippen molar-refractivity contribution in [3.63, 3.8) is 0 Å². The van der Waals surface area contributed by atoms with Crippen LogP contribution in [0.5, 0.6) is 0 Å². The van der Waals surface area contributed by atoms with Crippen molar-refractivity contribution < 1.29 is 14.4 Å². The van der Waals surface area contributed by atoms with Crippen LogP contribution in [0.4, 0.5) is 17.1 Å². The van der Waals surface area contributed by atoms with E-state index in [0.29, 0.717) is 17.9 Å². The predicted octanol–water partition coefficient (Wildman–Crippen LogP) is 4.09. The van der Waals surface area contributed by atoms with Crippen molar-refractivity contribution >= 4 is 45.6 Å². The van der Waals surface area contributed by atoms with Gasteiger partial charge in [0.05, 0.1) is 12.6 Å². The van der Waals surface area contributed by atoms with Crippen LogP contribution < -0.4 is 16.0 Å². The lowest BCUT2D eigenvalue weighted by Crippen LogP contribution is -2.45. The first-order chi connectivity index (χ1) is 15.4. The van der Waals surface area contributed by atoms with Crippen LogP contribution in [0.2, 0.25) is 0 Å². The van der Waals surface area contributed by atoms with Gasteiger partial charge in [-0.05, 0) is 49.2 Å². The van der Waals surface area contributed by atoms with Crippen molar-refractivity contribution in [2.45, 2.75) is 26.8 Å². The molecule has 0 spiro atoms. The van der Waals surface area contributed by atoms with Gasteiger partial charge in [-0.1, -0.05) is 43.3 Å². The molecule has 0 saturated heterocycles. The van der Waals surface area contributed by atoms with Crippen LogP contribution in [-0.2, 0) is 14.4 Å². The molecule has 166 valence electrons. The van der Waals surface area contributed by atoms with Crippen molar-refractivity contribution in [1.29, 1.82) is 0 Å². The largest absolute Gasteiger partial charge is 0.326 e. The molecule has 0 bridgehead atoms. The number of anilines is 3. The highest BCUT2D eigenvalue weighted by molar-refractivity contribution is 6.04. The fourth-order valence-electron chi connectivity index (χ4n) is 3.49. The van der Waals surface area contributed by atoms with E-state index in [0.717, 1.165) is 16.5 Å². The van der Waals surface area contributed by atoms with Gasteiger partial charge in [-0.3, -0.25) is 19.3 Å². The first-order valence-electron chi connectivity index (χ1n) is 10.6. The summed E-state index contributed by atoms with van der Waals surface area (Å²) in [6.07, 6.45) is 0.